The molecule has 1 aromatic heterocycles. The van der Waals surface area contributed by atoms with Crippen molar-refractivity contribution >= 4 is 66.6 Å². The number of fused-ring (bicyclic) bond motifs is 7. The van der Waals surface area contributed by atoms with E-state index in [9.17, 15) is 0 Å². The molecule has 1 fully saturated rings. The molecule has 1 aliphatic heterocycles. The molecule has 0 unspecified atom stereocenters. The highest BCUT2D eigenvalue weighted by Gasteiger charge is 2.25. The van der Waals surface area contributed by atoms with Crippen molar-refractivity contribution in [3.63, 3.8) is 0 Å². The number of aromatic nitrogens is 2. The molecule has 6 aromatic rings. The van der Waals surface area contributed by atoms with Crippen LogP contribution in [-0.4, -0.2) is 33.1 Å². The SMILES string of the molecule is S=C(Nc1ccc2nc3c4ccccc4c4ccccc4c3nc2c1)N1CC[C@H](c2ccccc2)C1. The average Bonchev–Trinajstić information content (AvgIpc) is 3.44. The minimum absolute atomic E-state index is 0.517. The molecule has 0 radical (unpaired) electrons. The molecule has 2 heterocycles. The zero-order valence-corrected chi connectivity index (χ0v) is 20.5. The van der Waals surface area contributed by atoms with Crippen LogP contribution in [0, 0.1) is 0 Å². The first-order chi connectivity index (χ1) is 17.7. The molecule has 5 heteroatoms. The number of thiocarbonyl (C=S) groups is 1. The van der Waals surface area contributed by atoms with Crippen molar-refractivity contribution in [3.8, 4) is 0 Å². The highest BCUT2D eigenvalue weighted by molar-refractivity contribution is 7.80. The van der Waals surface area contributed by atoms with Crippen molar-refractivity contribution in [2.75, 3.05) is 18.4 Å². The third-order valence-electron chi connectivity index (χ3n) is 7.32. The summed E-state index contributed by atoms with van der Waals surface area (Å²) in [7, 11) is 0. The fourth-order valence-corrected chi connectivity index (χ4v) is 5.78. The van der Waals surface area contributed by atoms with E-state index in [1.807, 2.05) is 12.1 Å². The van der Waals surface area contributed by atoms with Gasteiger partial charge in [-0.15, -0.1) is 0 Å². The van der Waals surface area contributed by atoms with Gasteiger partial charge in [-0.1, -0.05) is 78.9 Å². The molecule has 0 bridgehead atoms. The van der Waals surface area contributed by atoms with Crippen molar-refractivity contribution in [1.82, 2.24) is 14.9 Å². The summed E-state index contributed by atoms with van der Waals surface area (Å²) in [5.74, 6) is 0.517. The summed E-state index contributed by atoms with van der Waals surface area (Å²) < 4.78 is 0. The molecule has 0 saturated carbocycles. The zero-order valence-electron chi connectivity index (χ0n) is 19.7. The van der Waals surface area contributed by atoms with E-state index in [-0.39, 0.29) is 0 Å². The lowest BCUT2D eigenvalue weighted by atomic mass is 9.99. The van der Waals surface area contributed by atoms with Gasteiger partial charge in [-0.3, -0.25) is 0 Å². The van der Waals surface area contributed by atoms with E-state index in [1.165, 1.54) is 16.3 Å². The number of hydrogen-bond donors (Lipinski definition) is 1. The van der Waals surface area contributed by atoms with Crippen LogP contribution < -0.4 is 5.32 Å². The smallest absolute Gasteiger partial charge is 0.173 e. The quantitative estimate of drug-likeness (QED) is 0.159. The second-order valence-electron chi connectivity index (χ2n) is 9.49. The predicted octanol–water partition coefficient (Wildman–Crippen LogP) is 7.28. The molecule has 1 atom stereocenters. The fourth-order valence-electron chi connectivity index (χ4n) is 5.50. The topological polar surface area (TPSA) is 41.1 Å². The Kier molecular flexibility index (Phi) is 5.03. The van der Waals surface area contributed by atoms with Crippen LogP contribution in [-0.2, 0) is 0 Å². The standard InChI is InChI=1S/C31H24N4S/c36-31(35-17-16-21(19-35)20-8-2-1-3-9-20)32-22-14-15-27-28(18-22)34-30-26-13-7-5-11-24(26)23-10-4-6-12-25(23)29(30)33-27/h1-15,18,21H,16-17,19H2,(H,32,36)/t21-/m0/s1. The molecule has 1 N–H and O–H groups in total. The van der Waals surface area contributed by atoms with Crippen LogP contribution in [0.3, 0.4) is 0 Å². The number of hydrogen-bond acceptors (Lipinski definition) is 3. The van der Waals surface area contributed by atoms with Gasteiger partial charge in [-0.25, -0.2) is 9.97 Å². The summed E-state index contributed by atoms with van der Waals surface area (Å²) in [5, 5.41) is 8.88. The maximum Gasteiger partial charge on any atom is 0.173 e. The minimum atomic E-state index is 0.517. The summed E-state index contributed by atoms with van der Waals surface area (Å²) in [5.41, 5.74) is 5.94. The van der Waals surface area contributed by atoms with Crippen molar-refractivity contribution in [3.05, 3.63) is 103 Å². The van der Waals surface area contributed by atoms with E-state index in [0.29, 0.717) is 5.92 Å². The third-order valence-corrected chi connectivity index (χ3v) is 7.68. The van der Waals surface area contributed by atoms with Gasteiger partial charge < -0.3 is 10.2 Å². The Morgan fingerprint density at radius 2 is 1.33 bits per heavy atom. The summed E-state index contributed by atoms with van der Waals surface area (Å²) in [6, 6.07) is 33.8. The number of nitrogens with zero attached hydrogens (tertiary/aromatic N) is 3. The molecule has 4 nitrogen and oxygen atoms in total. The Balaban J connectivity index is 1.24. The monoisotopic (exact) mass is 484 g/mol. The second kappa shape index (κ2) is 8.54. The molecule has 0 spiro atoms. The van der Waals surface area contributed by atoms with Crippen LogP contribution in [0.15, 0.2) is 97.1 Å². The Morgan fingerprint density at radius 3 is 2.03 bits per heavy atom. The van der Waals surface area contributed by atoms with Gasteiger partial charge in [0.2, 0.25) is 0 Å². The first-order valence-electron chi connectivity index (χ1n) is 12.4. The molecule has 1 saturated heterocycles. The van der Waals surface area contributed by atoms with Crippen LogP contribution in [0.25, 0.3) is 43.6 Å². The summed E-state index contributed by atoms with van der Waals surface area (Å²) in [6.45, 7) is 1.90. The normalized spacial score (nSPS) is 15.8. The lowest BCUT2D eigenvalue weighted by molar-refractivity contribution is 0.518. The van der Waals surface area contributed by atoms with E-state index in [2.05, 4.69) is 95.1 Å². The molecule has 5 aromatic carbocycles. The Hall–Kier alpha value is -4.09. The molecule has 1 aliphatic rings. The number of anilines is 1. The molecule has 7 rings (SSSR count). The van der Waals surface area contributed by atoms with Gasteiger partial charge in [0.05, 0.1) is 22.1 Å². The average molecular weight is 485 g/mol. The number of benzene rings is 5. The maximum absolute atomic E-state index is 5.79. The first kappa shape index (κ1) is 21.2. The zero-order chi connectivity index (χ0) is 24.1. The molecule has 174 valence electrons. The fraction of sp³-hybridized carbons (Fsp3) is 0.129. The summed E-state index contributed by atoms with van der Waals surface area (Å²) in [4.78, 5) is 12.4. The molecule has 0 amide bonds. The van der Waals surface area contributed by atoms with Gasteiger partial charge in [-0.2, -0.15) is 0 Å². The molecule has 36 heavy (non-hydrogen) atoms. The number of nitrogens with one attached hydrogen (secondary N) is 1. The molecule has 0 aliphatic carbocycles. The van der Waals surface area contributed by atoms with Crippen molar-refractivity contribution in [2.24, 2.45) is 0 Å². The van der Waals surface area contributed by atoms with E-state index >= 15 is 0 Å². The Labute approximate surface area is 214 Å². The minimum Gasteiger partial charge on any atom is -0.348 e. The van der Waals surface area contributed by atoms with E-state index in [1.54, 1.807) is 0 Å². The van der Waals surface area contributed by atoms with Gasteiger partial charge in [0, 0.05) is 35.5 Å². The Bertz CT molecular complexity index is 1780. The van der Waals surface area contributed by atoms with Crippen LogP contribution in [0.5, 0.6) is 0 Å². The van der Waals surface area contributed by atoms with Crippen molar-refractivity contribution < 1.29 is 0 Å². The highest BCUT2D eigenvalue weighted by Crippen LogP contribution is 2.34. The predicted molar refractivity (Wildman–Crippen MR) is 154 cm³/mol. The lowest BCUT2D eigenvalue weighted by Crippen LogP contribution is -2.32. The number of rotatable bonds is 2. The van der Waals surface area contributed by atoms with Crippen LogP contribution in [0.2, 0.25) is 0 Å². The van der Waals surface area contributed by atoms with Gasteiger partial charge in [-0.05, 0) is 53.2 Å². The van der Waals surface area contributed by atoms with Crippen LogP contribution in [0.4, 0.5) is 5.69 Å². The van der Waals surface area contributed by atoms with Crippen molar-refractivity contribution in [2.45, 2.75) is 12.3 Å². The van der Waals surface area contributed by atoms with Gasteiger partial charge in [0.15, 0.2) is 5.11 Å². The number of likely N-dealkylation sites (tertiary alicyclic amines) is 1. The molecular formula is C31H24N4S. The van der Waals surface area contributed by atoms with Crippen LogP contribution in [0.1, 0.15) is 17.9 Å². The van der Waals surface area contributed by atoms with Crippen molar-refractivity contribution in [1.29, 1.82) is 0 Å². The van der Waals surface area contributed by atoms with Gasteiger partial charge in [0.1, 0.15) is 0 Å². The maximum atomic E-state index is 5.79. The van der Waals surface area contributed by atoms with Crippen LogP contribution >= 0.6 is 12.2 Å². The van der Waals surface area contributed by atoms with Gasteiger partial charge >= 0.3 is 0 Å². The largest absolute Gasteiger partial charge is 0.348 e. The third kappa shape index (κ3) is 3.55. The summed E-state index contributed by atoms with van der Waals surface area (Å²) in [6.07, 6.45) is 1.11. The highest BCUT2D eigenvalue weighted by atomic mass is 32.1. The summed E-state index contributed by atoms with van der Waals surface area (Å²) >= 11 is 5.79. The van der Waals surface area contributed by atoms with E-state index in [0.717, 1.165) is 63.1 Å². The van der Waals surface area contributed by atoms with Gasteiger partial charge in [0.25, 0.3) is 0 Å². The molecular weight excluding hydrogens is 460 g/mol. The first-order valence-corrected chi connectivity index (χ1v) is 12.8. The second-order valence-corrected chi connectivity index (χ2v) is 9.87. The van der Waals surface area contributed by atoms with E-state index < -0.39 is 0 Å². The Morgan fingerprint density at radius 1 is 0.722 bits per heavy atom. The van der Waals surface area contributed by atoms with E-state index in [4.69, 9.17) is 22.2 Å². The lowest BCUT2D eigenvalue weighted by Gasteiger charge is -2.21.